The van der Waals surface area contributed by atoms with E-state index in [1.165, 1.54) is 11.1 Å². The minimum absolute atomic E-state index is 0.941. The largest absolute Gasteiger partial charge is 0.0763 e. The van der Waals surface area contributed by atoms with E-state index in [4.69, 9.17) is 0 Å². The van der Waals surface area contributed by atoms with Gasteiger partial charge in [-0.3, -0.25) is 0 Å². The summed E-state index contributed by atoms with van der Waals surface area (Å²) in [4.78, 5) is 0. The summed E-state index contributed by atoms with van der Waals surface area (Å²) in [6, 6.07) is 9.37. The molecule has 0 N–H and O–H groups in total. The van der Waals surface area contributed by atoms with Crippen molar-refractivity contribution in [2.45, 2.75) is 12.8 Å². The minimum atomic E-state index is 0.941. The molecule has 0 nitrogen and oxygen atoms in total. The molecule has 0 spiro atoms. The van der Waals surface area contributed by atoms with E-state index in [2.05, 4.69) is 24.3 Å². The summed E-state index contributed by atoms with van der Waals surface area (Å²) in [5, 5.41) is 0. The van der Waals surface area contributed by atoms with Crippen LogP contribution in [0.5, 0.6) is 0 Å². The second-order valence-corrected chi connectivity index (χ2v) is 2.46. The maximum atomic E-state index is 3.21. The number of hydrogen-bond donors (Lipinski definition) is 0. The van der Waals surface area contributed by atoms with Gasteiger partial charge in [0.15, 0.2) is 0 Å². The van der Waals surface area contributed by atoms with Crippen LogP contribution in [-0.2, 0) is 12.8 Å². The lowest BCUT2D eigenvalue weighted by atomic mass is 9.97. The molecule has 0 aromatic heterocycles. The summed E-state index contributed by atoms with van der Waals surface area (Å²) in [5.41, 5.74) is 2.71. The summed E-state index contributed by atoms with van der Waals surface area (Å²) in [6.45, 7) is 0. The number of fused-ring (bicyclic) bond motifs is 1. The summed E-state index contributed by atoms with van der Waals surface area (Å²) >= 11 is 0. The van der Waals surface area contributed by atoms with Crippen molar-refractivity contribution in [1.29, 1.82) is 0 Å². The Hall–Kier alpha value is -1.04. The molecule has 1 aromatic rings. The molecule has 0 heterocycles. The van der Waals surface area contributed by atoms with Crippen LogP contribution in [0.1, 0.15) is 11.1 Å². The van der Waals surface area contributed by atoms with Gasteiger partial charge in [-0.15, -0.1) is 0 Å². The Morgan fingerprint density at radius 2 is 2.40 bits per heavy atom. The molecule has 1 aromatic carbocycles. The second kappa shape index (κ2) is 2.30. The SMILES string of the molecule is [C]1=CCc2ccc[c]c2C1. The monoisotopic (exact) mass is 128 g/mol. The number of rotatable bonds is 0. The van der Waals surface area contributed by atoms with Crippen LogP contribution in [0.15, 0.2) is 24.3 Å². The maximum absolute atomic E-state index is 3.21. The van der Waals surface area contributed by atoms with Crippen molar-refractivity contribution in [2.75, 3.05) is 0 Å². The molecule has 0 atom stereocenters. The van der Waals surface area contributed by atoms with Gasteiger partial charge in [0.1, 0.15) is 0 Å². The van der Waals surface area contributed by atoms with Crippen LogP contribution in [0.4, 0.5) is 0 Å². The summed E-state index contributed by atoms with van der Waals surface area (Å²) < 4.78 is 0. The van der Waals surface area contributed by atoms with Crippen molar-refractivity contribution in [1.82, 2.24) is 0 Å². The van der Waals surface area contributed by atoms with Crippen LogP contribution in [0.25, 0.3) is 0 Å². The van der Waals surface area contributed by atoms with Gasteiger partial charge >= 0.3 is 0 Å². The Labute approximate surface area is 61.2 Å². The van der Waals surface area contributed by atoms with E-state index in [0.717, 1.165) is 12.8 Å². The topological polar surface area (TPSA) is 0 Å². The lowest BCUT2D eigenvalue weighted by molar-refractivity contribution is 1.07. The predicted octanol–water partition coefficient (Wildman–Crippen LogP) is 1.94. The highest BCUT2D eigenvalue weighted by Crippen LogP contribution is 2.13. The van der Waals surface area contributed by atoms with Crippen molar-refractivity contribution in [3.05, 3.63) is 47.5 Å². The first-order valence-electron chi connectivity index (χ1n) is 3.50. The molecule has 0 saturated heterocycles. The van der Waals surface area contributed by atoms with E-state index in [1.54, 1.807) is 0 Å². The first kappa shape index (κ1) is 5.72. The Morgan fingerprint density at radius 1 is 1.40 bits per heavy atom. The van der Waals surface area contributed by atoms with E-state index in [0.29, 0.717) is 0 Å². The van der Waals surface area contributed by atoms with Crippen LogP contribution in [0.3, 0.4) is 0 Å². The fourth-order valence-electron chi connectivity index (χ4n) is 1.22. The van der Waals surface area contributed by atoms with Gasteiger partial charge in [-0.1, -0.05) is 24.3 Å². The molecule has 0 amide bonds. The third-order valence-corrected chi connectivity index (χ3v) is 1.78. The molecule has 10 heavy (non-hydrogen) atoms. The fraction of sp³-hybridized carbons (Fsp3) is 0.200. The van der Waals surface area contributed by atoms with Gasteiger partial charge in [-0.2, -0.15) is 0 Å². The number of hydrogen-bond acceptors (Lipinski definition) is 0. The van der Waals surface area contributed by atoms with Crippen molar-refractivity contribution in [3.63, 3.8) is 0 Å². The molecule has 0 fully saturated rings. The molecule has 0 unspecified atom stereocenters. The van der Waals surface area contributed by atoms with E-state index >= 15 is 0 Å². The Balaban J connectivity index is 2.47. The summed E-state index contributed by atoms with van der Waals surface area (Å²) in [5.74, 6) is 0. The number of allylic oxidation sites excluding steroid dienone is 2. The van der Waals surface area contributed by atoms with Crippen LogP contribution in [-0.4, -0.2) is 0 Å². The first-order chi connectivity index (χ1) is 4.97. The average Bonchev–Trinajstić information content (AvgIpc) is 2.05. The quantitative estimate of drug-likeness (QED) is 0.501. The van der Waals surface area contributed by atoms with Gasteiger partial charge in [-0.05, 0) is 36.1 Å². The fourth-order valence-corrected chi connectivity index (χ4v) is 1.22. The van der Waals surface area contributed by atoms with Gasteiger partial charge in [0.05, 0.1) is 0 Å². The maximum Gasteiger partial charge on any atom is -0.00171 e. The average molecular weight is 128 g/mol. The second-order valence-electron chi connectivity index (χ2n) is 2.46. The highest BCUT2D eigenvalue weighted by Gasteiger charge is 2.01. The third kappa shape index (κ3) is 0.860. The summed E-state index contributed by atoms with van der Waals surface area (Å²) in [6.07, 6.45) is 7.25. The lowest BCUT2D eigenvalue weighted by Crippen LogP contribution is -1.96. The normalized spacial score (nSPS) is 14.8. The van der Waals surface area contributed by atoms with Gasteiger partial charge in [0.2, 0.25) is 0 Å². The molecular weight excluding hydrogens is 120 g/mol. The van der Waals surface area contributed by atoms with E-state index < -0.39 is 0 Å². The van der Waals surface area contributed by atoms with Crippen LogP contribution >= 0.6 is 0 Å². The van der Waals surface area contributed by atoms with Gasteiger partial charge in [0.25, 0.3) is 0 Å². The zero-order valence-corrected chi connectivity index (χ0v) is 5.72. The highest BCUT2D eigenvalue weighted by molar-refractivity contribution is 5.31. The van der Waals surface area contributed by atoms with E-state index in [1.807, 2.05) is 12.1 Å². The third-order valence-electron chi connectivity index (χ3n) is 1.78. The lowest BCUT2D eigenvalue weighted by Gasteiger charge is -2.07. The molecule has 1 aliphatic carbocycles. The molecule has 0 heteroatoms. The van der Waals surface area contributed by atoms with Crippen molar-refractivity contribution < 1.29 is 0 Å². The molecule has 2 rings (SSSR count). The molecule has 2 radical (unpaired) electrons. The molecule has 48 valence electrons. The highest BCUT2D eigenvalue weighted by atomic mass is 14.1. The Kier molecular flexibility index (Phi) is 1.31. The van der Waals surface area contributed by atoms with Crippen molar-refractivity contribution >= 4 is 0 Å². The number of benzene rings is 1. The molecule has 0 saturated carbocycles. The molecular formula is C10H8. The van der Waals surface area contributed by atoms with Crippen molar-refractivity contribution in [2.24, 2.45) is 0 Å². The minimum Gasteiger partial charge on any atom is -0.0763 e. The smallest absolute Gasteiger partial charge is 0.00171 e. The molecule has 1 aliphatic rings. The Morgan fingerprint density at radius 3 is 3.30 bits per heavy atom. The standard InChI is InChI=1S/C10H8/c1-2-6-10-8-4-3-7-9(10)5-1/h1-3,5H,7-8H2. The van der Waals surface area contributed by atoms with Gasteiger partial charge in [0, 0.05) is 0 Å². The molecule has 0 aliphatic heterocycles. The van der Waals surface area contributed by atoms with E-state index in [9.17, 15) is 0 Å². The zero-order valence-electron chi connectivity index (χ0n) is 5.72. The zero-order chi connectivity index (χ0) is 6.81. The molecule has 0 bridgehead atoms. The predicted molar refractivity (Wildman–Crippen MR) is 40.5 cm³/mol. The van der Waals surface area contributed by atoms with Gasteiger partial charge in [-0.25, -0.2) is 0 Å². The van der Waals surface area contributed by atoms with E-state index in [-0.39, 0.29) is 0 Å². The van der Waals surface area contributed by atoms with Crippen LogP contribution in [0.2, 0.25) is 0 Å². The Bertz CT molecular complexity index is 231. The summed E-state index contributed by atoms with van der Waals surface area (Å²) in [7, 11) is 0. The van der Waals surface area contributed by atoms with Gasteiger partial charge < -0.3 is 0 Å². The van der Waals surface area contributed by atoms with Crippen LogP contribution < -0.4 is 0 Å². The van der Waals surface area contributed by atoms with Crippen molar-refractivity contribution in [3.8, 4) is 0 Å². The van der Waals surface area contributed by atoms with Crippen LogP contribution in [0, 0.1) is 12.1 Å². The first-order valence-corrected chi connectivity index (χ1v) is 3.50.